The number of carbonyl (C=O) groups is 5. The van der Waals surface area contributed by atoms with Crippen LogP contribution in [-0.4, -0.2) is 124 Å². The maximum absolute atomic E-state index is 12.0. The smallest absolute Gasteiger partial charge is 0.317 e. The van der Waals surface area contributed by atoms with Gasteiger partial charge in [0.15, 0.2) is 0 Å². The van der Waals surface area contributed by atoms with Gasteiger partial charge in [-0.05, 0) is 5.92 Å². The summed E-state index contributed by atoms with van der Waals surface area (Å²) in [5, 5.41) is 35.9. The highest BCUT2D eigenvalue weighted by Crippen LogP contribution is 2.03. The predicted molar refractivity (Wildman–Crippen MR) is 104 cm³/mol. The van der Waals surface area contributed by atoms with Crippen LogP contribution < -0.4 is 0 Å². The maximum Gasteiger partial charge on any atom is 0.317 e. The van der Waals surface area contributed by atoms with Crippen LogP contribution >= 0.6 is 0 Å². The van der Waals surface area contributed by atoms with Crippen molar-refractivity contribution in [1.82, 2.24) is 14.7 Å². The number of nitrogens with zero attached hydrogens (tertiary/aromatic N) is 3. The van der Waals surface area contributed by atoms with Crippen LogP contribution in [0.3, 0.4) is 0 Å². The number of aliphatic carboxylic acids is 4. The van der Waals surface area contributed by atoms with Crippen LogP contribution in [0.25, 0.3) is 0 Å². The van der Waals surface area contributed by atoms with Crippen molar-refractivity contribution in [3.8, 4) is 0 Å². The van der Waals surface area contributed by atoms with Gasteiger partial charge in [0.2, 0.25) is 0 Å². The van der Waals surface area contributed by atoms with Crippen LogP contribution in [0.5, 0.6) is 0 Å². The molecule has 0 bridgehead atoms. The lowest BCUT2D eigenvalue weighted by Crippen LogP contribution is -2.45. The highest BCUT2D eigenvalue weighted by Gasteiger charge is 2.19. The maximum atomic E-state index is 12.0. The monoisotopic (exact) mass is 433 g/mol. The lowest BCUT2D eigenvalue weighted by molar-refractivity contribution is -0.143. The highest BCUT2D eigenvalue weighted by molar-refractivity contribution is 5.81. The molecule has 30 heavy (non-hydrogen) atoms. The average Bonchev–Trinajstić information content (AvgIpc) is 2.54. The summed E-state index contributed by atoms with van der Waals surface area (Å²) in [4.78, 5) is 60.0. The molecule has 0 atom stereocenters. The molecular weight excluding hydrogens is 402 g/mol. The van der Waals surface area contributed by atoms with Crippen molar-refractivity contribution in [2.75, 3.05) is 58.9 Å². The zero-order valence-electron chi connectivity index (χ0n) is 17.3. The van der Waals surface area contributed by atoms with Gasteiger partial charge in [0, 0.05) is 32.6 Å². The summed E-state index contributed by atoms with van der Waals surface area (Å²) in [6.07, 6.45) is 0.300. The molecule has 0 aromatic heterocycles. The summed E-state index contributed by atoms with van der Waals surface area (Å²) in [6, 6.07) is 0. The third-order valence-electron chi connectivity index (χ3n) is 3.94. The Morgan fingerprint density at radius 2 is 0.867 bits per heavy atom. The standard InChI is InChI=1S/C18H31N3O9/c1-13(2)7-14(22)8-20(10-16(25)26)5-3-19(9-15(23)24)4-6-21(11-17(27)28)12-18(29)30/h13H,3-12H2,1-2H3,(H,23,24)(H,25,26)(H,27,28)(H,29,30). The number of hydrogen-bond acceptors (Lipinski definition) is 8. The molecule has 0 rings (SSSR count). The van der Waals surface area contributed by atoms with Crippen molar-refractivity contribution in [1.29, 1.82) is 0 Å². The third kappa shape index (κ3) is 15.4. The molecule has 0 radical (unpaired) electrons. The Morgan fingerprint density at radius 1 is 0.567 bits per heavy atom. The van der Waals surface area contributed by atoms with Crippen molar-refractivity contribution in [3.63, 3.8) is 0 Å². The van der Waals surface area contributed by atoms with E-state index in [1.54, 1.807) is 0 Å². The minimum absolute atomic E-state index is 0.00289. The highest BCUT2D eigenvalue weighted by atomic mass is 16.4. The Bertz CT molecular complexity index is 594. The number of carboxylic acids is 4. The summed E-state index contributed by atoms with van der Waals surface area (Å²) >= 11 is 0. The Balaban J connectivity index is 4.97. The Hall–Kier alpha value is -2.57. The second-order valence-corrected chi connectivity index (χ2v) is 7.41. The molecule has 0 unspecified atom stereocenters. The van der Waals surface area contributed by atoms with Gasteiger partial charge in [-0.25, -0.2) is 0 Å². The number of carbonyl (C=O) groups excluding carboxylic acids is 1. The number of carboxylic acid groups (broad SMARTS) is 4. The molecule has 12 nitrogen and oxygen atoms in total. The topological polar surface area (TPSA) is 176 Å². The number of rotatable bonds is 18. The molecule has 0 aliphatic heterocycles. The summed E-state index contributed by atoms with van der Waals surface area (Å²) < 4.78 is 0. The van der Waals surface area contributed by atoms with E-state index in [1.165, 1.54) is 9.80 Å². The van der Waals surface area contributed by atoms with Crippen LogP contribution in [0, 0.1) is 5.92 Å². The predicted octanol–water partition coefficient (Wildman–Crippen LogP) is -1.15. The number of hydrogen-bond donors (Lipinski definition) is 4. The molecule has 0 aromatic rings. The molecule has 4 N–H and O–H groups in total. The van der Waals surface area contributed by atoms with Gasteiger partial charge >= 0.3 is 23.9 Å². The molecule has 0 spiro atoms. The largest absolute Gasteiger partial charge is 0.480 e. The van der Waals surface area contributed by atoms with Gasteiger partial charge in [-0.1, -0.05) is 13.8 Å². The number of Topliss-reactive ketones (excluding diaryl/α,β-unsaturated/α-hetero) is 1. The van der Waals surface area contributed by atoms with Crippen molar-refractivity contribution >= 4 is 29.7 Å². The zero-order valence-corrected chi connectivity index (χ0v) is 17.3. The normalized spacial score (nSPS) is 11.4. The van der Waals surface area contributed by atoms with Crippen molar-refractivity contribution in [2.45, 2.75) is 20.3 Å². The SMILES string of the molecule is CC(C)CC(=O)CN(CCN(CCN(CC(=O)O)CC(=O)O)CC(=O)O)CC(=O)O. The first-order chi connectivity index (χ1) is 13.9. The third-order valence-corrected chi connectivity index (χ3v) is 3.94. The van der Waals surface area contributed by atoms with Crippen LogP contribution in [-0.2, 0) is 24.0 Å². The molecular formula is C18H31N3O9. The molecule has 0 aromatic carbocycles. The van der Waals surface area contributed by atoms with Crippen molar-refractivity contribution in [3.05, 3.63) is 0 Å². The molecule has 0 saturated carbocycles. The van der Waals surface area contributed by atoms with Crippen LogP contribution in [0.4, 0.5) is 0 Å². The van der Waals surface area contributed by atoms with Crippen molar-refractivity contribution < 1.29 is 44.4 Å². The molecule has 0 saturated heterocycles. The van der Waals surface area contributed by atoms with E-state index in [2.05, 4.69) is 0 Å². The molecule has 172 valence electrons. The first kappa shape index (κ1) is 27.4. The lowest BCUT2D eigenvalue weighted by atomic mass is 10.1. The van der Waals surface area contributed by atoms with Gasteiger partial charge in [0.25, 0.3) is 0 Å². The van der Waals surface area contributed by atoms with Crippen LogP contribution in [0.15, 0.2) is 0 Å². The van der Waals surface area contributed by atoms with Gasteiger partial charge in [-0.2, -0.15) is 0 Å². The second kappa shape index (κ2) is 14.4. The van der Waals surface area contributed by atoms with Gasteiger partial charge in [-0.3, -0.25) is 38.7 Å². The second-order valence-electron chi connectivity index (χ2n) is 7.41. The van der Waals surface area contributed by atoms with E-state index < -0.39 is 43.5 Å². The fourth-order valence-electron chi connectivity index (χ4n) is 2.80. The van der Waals surface area contributed by atoms with Gasteiger partial charge < -0.3 is 20.4 Å². The van der Waals surface area contributed by atoms with E-state index >= 15 is 0 Å². The molecule has 0 heterocycles. The van der Waals surface area contributed by atoms with Crippen LogP contribution in [0.1, 0.15) is 20.3 Å². The van der Waals surface area contributed by atoms with Crippen LogP contribution in [0.2, 0.25) is 0 Å². The molecule has 0 amide bonds. The minimum Gasteiger partial charge on any atom is -0.480 e. The van der Waals surface area contributed by atoms with E-state index in [0.29, 0.717) is 6.42 Å². The summed E-state index contributed by atoms with van der Waals surface area (Å²) in [5.74, 6) is -4.67. The van der Waals surface area contributed by atoms with Gasteiger partial charge in [0.05, 0.1) is 32.7 Å². The Kier molecular flexibility index (Phi) is 13.2. The van der Waals surface area contributed by atoms with E-state index in [0.717, 1.165) is 4.90 Å². The quantitative estimate of drug-likeness (QED) is 0.204. The van der Waals surface area contributed by atoms with E-state index in [4.69, 9.17) is 20.4 Å². The van der Waals surface area contributed by atoms with Gasteiger partial charge in [-0.15, -0.1) is 0 Å². The Labute approximate surface area is 174 Å². The molecule has 0 fully saturated rings. The van der Waals surface area contributed by atoms with E-state index in [1.807, 2.05) is 13.8 Å². The summed E-state index contributed by atoms with van der Waals surface area (Å²) in [7, 11) is 0. The fraction of sp³-hybridized carbons (Fsp3) is 0.722. The van der Waals surface area contributed by atoms with E-state index in [-0.39, 0.29) is 51.0 Å². The lowest BCUT2D eigenvalue weighted by Gasteiger charge is -2.27. The fourth-order valence-corrected chi connectivity index (χ4v) is 2.80. The summed E-state index contributed by atoms with van der Waals surface area (Å²) in [5.41, 5.74) is 0. The minimum atomic E-state index is -1.21. The number of ketones is 1. The Morgan fingerprint density at radius 3 is 1.20 bits per heavy atom. The molecule has 0 aliphatic rings. The molecule has 12 heteroatoms. The van der Waals surface area contributed by atoms with E-state index in [9.17, 15) is 24.0 Å². The first-order valence-electron chi connectivity index (χ1n) is 9.45. The van der Waals surface area contributed by atoms with Gasteiger partial charge in [0.1, 0.15) is 5.78 Å². The summed E-state index contributed by atoms with van der Waals surface area (Å²) in [6.45, 7) is 2.15. The zero-order chi connectivity index (χ0) is 23.3. The molecule has 0 aliphatic carbocycles. The first-order valence-corrected chi connectivity index (χ1v) is 9.45. The average molecular weight is 433 g/mol. The van der Waals surface area contributed by atoms with Crippen molar-refractivity contribution in [2.24, 2.45) is 5.92 Å².